The van der Waals surface area contributed by atoms with E-state index in [-0.39, 0.29) is 18.7 Å². The smallest absolute Gasteiger partial charge is 0.318 e. The van der Waals surface area contributed by atoms with Gasteiger partial charge in [0.05, 0.1) is 18.7 Å². The third kappa shape index (κ3) is 2.81. The van der Waals surface area contributed by atoms with Crippen LogP contribution in [-0.4, -0.2) is 41.5 Å². The summed E-state index contributed by atoms with van der Waals surface area (Å²) in [5, 5.41) is 20.7. The van der Waals surface area contributed by atoms with Crippen LogP contribution in [0.25, 0.3) is 0 Å². The molecule has 2 heterocycles. The van der Waals surface area contributed by atoms with E-state index in [9.17, 15) is 5.11 Å². The lowest BCUT2D eigenvalue weighted by Gasteiger charge is -2.26. The summed E-state index contributed by atoms with van der Waals surface area (Å²) in [6.07, 6.45) is 4.43. The van der Waals surface area contributed by atoms with Crippen molar-refractivity contribution in [3.63, 3.8) is 0 Å². The second kappa shape index (κ2) is 6.15. The zero-order chi connectivity index (χ0) is 13.0. The highest BCUT2D eigenvalue weighted by Crippen LogP contribution is 2.24. The summed E-state index contributed by atoms with van der Waals surface area (Å²) in [6, 6.07) is 0.685. The van der Waals surface area contributed by atoms with Gasteiger partial charge in [0.1, 0.15) is 0 Å². The Labute approximate surface area is 107 Å². The summed E-state index contributed by atoms with van der Waals surface area (Å²) in [5.41, 5.74) is 0. The predicted octanol–water partition coefficient (Wildman–Crippen LogP) is 1.09. The third-order valence-electron chi connectivity index (χ3n) is 3.57. The van der Waals surface area contributed by atoms with Gasteiger partial charge in [-0.2, -0.15) is 0 Å². The van der Waals surface area contributed by atoms with Gasteiger partial charge in [0.2, 0.25) is 5.89 Å². The van der Waals surface area contributed by atoms with E-state index in [1.165, 1.54) is 6.42 Å². The van der Waals surface area contributed by atoms with Crippen LogP contribution >= 0.6 is 0 Å². The molecule has 0 saturated carbocycles. The van der Waals surface area contributed by atoms with Crippen LogP contribution in [0.4, 0.5) is 6.01 Å². The molecule has 0 aromatic carbocycles. The van der Waals surface area contributed by atoms with E-state index >= 15 is 0 Å². The first-order chi connectivity index (χ1) is 8.76. The molecule has 1 saturated heterocycles. The Morgan fingerprint density at radius 3 is 3.00 bits per heavy atom. The van der Waals surface area contributed by atoms with E-state index in [0.29, 0.717) is 11.9 Å². The molecule has 18 heavy (non-hydrogen) atoms. The molecule has 102 valence electrons. The first-order valence-corrected chi connectivity index (χ1v) is 6.64. The number of rotatable bonds is 4. The van der Waals surface area contributed by atoms with Crippen LogP contribution in [0.15, 0.2) is 4.42 Å². The van der Waals surface area contributed by atoms with Gasteiger partial charge >= 0.3 is 6.01 Å². The van der Waals surface area contributed by atoms with E-state index in [2.05, 4.69) is 15.5 Å². The Kier molecular flexibility index (Phi) is 4.54. The van der Waals surface area contributed by atoms with Gasteiger partial charge in [0.25, 0.3) is 0 Å². The highest BCUT2D eigenvalue weighted by Gasteiger charge is 2.25. The summed E-state index contributed by atoms with van der Waals surface area (Å²) < 4.78 is 5.69. The van der Waals surface area contributed by atoms with Crippen molar-refractivity contribution in [1.29, 1.82) is 0 Å². The lowest BCUT2D eigenvalue weighted by Crippen LogP contribution is -2.37. The maximum atomic E-state index is 9.47. The zero-order valence-electron chi connectivity index (χ0n) is 11.1. The highest BCUT2D eigenvalue weighted by atomic mass is 16.4. The molecule has 1 aromatic heterocycles. The van der Waals surface area contributed by atoms with Gasteiger partial charge in [-0.3, -0.25) is 0 Å². The summed E-state index contributed by atoms with van der Waals surface area (Å²) in [7, 11) is 1.86. The topological polar surface area (TPSA) is 74.4 Å². The lowest BCUT2D eigenvalue weighted by atomic mass is 10.1. The average Bonchev–Trinajstić information content (AvgIpc) is 2.76. The van der Waals surface area contributed by atoms with E-state index < -0.39 is 0 Å². The number of nitrogens with one attached hydrogen (secondary N) is 1. The van der Waals surface area contributed by atoms with Crippen LogP contribution in [0, 0.1) is 0 Å². The van der Waals surface area contributed by atoms with Gasteiger partial charge in [-0.1, -0.05) is 17.9 Å². The normalized spacial score (nSPS) is 22.8. The fourth-order valence-corrected chi connectivity index (χ4v) is 2.26. The van der Waals surface area contributed by atoms with Crippen molar-refractivity contribution >= 4 is 6.01 Å². The lowest BCUT2D eigenvalue weighted by molar-refractivity contribution is 0.250. The quantitative estimate of drug-likeness (QED) is 0.838. The molecular formula is C12H22N4O2. The van der Waals surface area contributed by atoms with Crippen LogP contribution in [0.5, 0.6) is 0 Å². The fraction of sp³-hybridized carbons (Fsp3) is 0.833. The molecule has 1 aromatic rings. The number of anilines is 1. The van der Waals surface area contributed by atoms with Crippen molar-refractivity contribution in [1.82, 2.24) is 15.5 Å². The number of aliphatic hydroxyl groups is 1. The van der Waals surface area contributed by atoms with Crippen LogP contribution in [0.3, 0.4) is 0 Å². The summed E-state index contributed by atoms with van der Waals surface area (Å²) >= 11 is 0. The van der Waals surface area contributed by atoms with Crippen LogP contribution in [-0.2, 0) is 0 Å². The van der Waals surface area contributed by atoms with Crippen molar-refractivity contribution in [3.8, 4) is 0 Å². The third-order valence-corrected chi connectivity index (χ3v) is 3.57. The molecule has 2 rings (SSSR count). The molecule has 0 spiro atoms. The van der Waals surface area contributed by atoms with Crippen LogP contribution in [0.1, 0.15) is 44.5 Å². The minimum absolute atomic E-state index is 0.0470. The first kappa shape index (κ1) is 13.3. The second-order valence-corrected chi connectivity index (χ2v) is 4.81. The monoisotopic (exact) mass is 254 g/mol. The Morgan fingerprint density at radius 2 is 2.28 bits per heavy atom. The SMILES string of the molecule is CNC(C)c1nnc(N2CCCCCC2CO)o1. The van der Waals surface area contributed by atoms with Gasteiger partial charge in [-0.15, -0.1) is 5.10 Å². The molecule has 0 aliphatic carbocycles. The minimum Gasteiger partial charge on any atom is -0.406 e. The van der Waals surface area contributed by atoms with Crippen molar-refractivity contribution in [2.24, 2.45) is 0 Å². The molecule has 0 radical (unpaired) electrons. The van der Waals surface area contributed by atoms with E-state index in [1.54, 1.807) is 0 Å². The molecular weight excluding hydrogens is 232 g/mol. The number of aliphatic hydroxyl groups excluding tert-OH is 1. The first-order valence-electron chi connectivity index (χ1n) is 6.64. The molecule has 1 aliphatic heterocycles. The molecule has 0 amide bonds. The molecule has 2 N–H and O–H groups in total. The summed E-state index contributed by atoms with van der Waals surface area (Å²) in [5.74, 6) is 0.591. The van der Waals surface area contributed by atoms with Crippen LogP contribution < -0.4 is 10.2 Å². The standard InChI is InChI=1S/C12H22N4O2/c1-9(13-2)11-14-15-12(18-11)16-7-5-3-4-6-10(16)8-17/h9-10,13,17H,3-8H2,1-2H3. The Morgan fingerprint density at radius 1 is 1.44 bits per heavy atom. The van der Waals surface area contributed by atoms with E-state index in [0.717, 1.165) is 25.8 Å². The largest absolute Gasteiger partial charge is 0.406 e. The maximum Gasteiger partial charge on any atom is 0.318 e. The second-order valence-electron chi connectivity index (χ2n) is 4.81. The fourth-order valence-electron chi connectivity index (χ4n) is 2.26. The van der Waals surface area contributed by atoms with E-state index in [1.807, 2.05) is 18.9 Å². The Balaban J connectivity index is 2.14. The molecule has 2 unspecified atom stereocenters. The molecule has 1 fully saturated rings. The number of nitrogens with zero attached hydrogens (tertiary/aromatic N) is 3. The number of hydrogen-bond donors (Lipinski definition) is 2. The molecule has 1 aliphatic rings. The molecule has 0 bridgehead atoms. The number of aromatic nitrogens is 2. The molecule has 6 nitrogen and oxygen atoms in total. The summed E-state index contributed by atoms with van der Waals surface area (Å²) in [6.45, 7) is 2.99. The zero-order valence-corrected chi connectivity index (χ0v) is 11.1. The molecule has 2 atom stereocenters. The maximum absolute atomic E-state index is 9.47. The van der Waals surface area contributed by atoms with Gasteiger partial charge in [0.15, 0.2) is 0 Å². The summed E-state index contributed by atoms with van der Waals surface area (Å²) in [4.78, 5) is 2.05. The van der Waals surface area contributed by atoms with Crippen molar-refractivity contribution in [2.75, 3.05) is 25.1 Å². The van der Waals surface area contributed by atoms with Crippen LogP contribution in [0.2, 0.25) is 0 Å². The van der Waals surface area contributed by atoms with Crippen molar-refractivity contribution in [3.05, 3.63) is 5.89 Å². The minimum atomic E-state index is 0.0470. The van der Waals surface area contributed by atoms with Gasteiger partial charge in [-0.05, 0) is 26.8 Å². The highest BCUT2D eigenvalue weighted by molar-refractivity contribution is 5.27. The van der Waals surface area contributed by atoms with Gasteiger partial charge in [-0.25, -0.2) is 0 Å². The van der Waals surface area contributed by atoms with E-state index in [4.69, 9.17) is 4.42 Å². The predicted molar refractivity (Wildman–Crippen MR) is 68.5 cm³/mol. The Bertz CT molecular complexity index is 369. The van der Waals surface area contributed by atoms with Crippen molar-refractivity contribution in [2.45, 2.75) is 44.7 Å². The van der Waals surface area contributed by atoms with Gasteiger partial charge in [0, 0.05) is 6.54 Å². The Hall–Kier alpha value is -1.14. The van der Waals surface area contributed by atoms with Crippen molar-refractivity contribution < 1.29 is 9.52 Å². The number of hydrogen-bond acceptors (Lipinski definition) is 6. The van der Waals surface area contributed by atoms with Gasteiger partial charge < -0.3 is 19.7 Å². The molecule has 6 heteroatoms. The average molecular weight is 254 g/mol.